The summed E-state index contributed by atoms with van der Waals surface area (Å²) in [7, 11) is 0. The molecule has 108 heavy (non-hydrogen) atoms. The average Bonchev–Trinajstić information content (AvgIpc) is 0.768. The molecule has 0 saturated carbocycles. The third kappa shape index (κ3) is 21.1. The van der Waals surface area contributed by atoms with Gasteiger partial charge < -0.3 is 71.4 Å². The minimum absolute atomic E-state index is 0.0431. The first-order chi connectivity index (χ1) is 53.1. The first-order valence-corrected chi connectivity index (χ1v) is 36.3. The van der Waals surface area contributed by atoms with Crippen molar-refractivity contribution in [2.75, 3.05) is 13.2 Å². The lowest BCUT2D eigenvalue weighted by molar-refractivity contribution is -0.393. The molecule has 17 nitrogen and oxygen atoms in total. The van der Waals surface area contributed by atoms with Crippen molar-refractivity contribution in [3.8, 4) is 23.0 Å². The molecule has 0 radical (unpaired) electrons. The van der Waals surface area contributed by atoms with E-state index in [1.807, 2.05) is 280 Å². The topological polar surface area (TPSA) is 184 Å². The van der Waals surface area contributed by atoms with Crippen LogP contribution in [0.4, 0.5) is 0 Å². The molecular weight excluding hydrogens is 1360 g/mol. The Bertz CT molecular complexity index is 4510. The summed E-state index contributed by atoms with van der Waals surface area (Å²) in [5.41, 5.74) is 8.85. The number of ether oxygens (including phenoxy) is 14. The van der Waals surface area contributed by atoms with E-state index in [4.69, 9.17) is 66.3 Å². The molecule has 10 unspecified atom stereocenters. The maximum atomic E-state index is 15.4. The Hall–Kier alpha value is -10.8. The molecule has 0 aliphatic carbocycles. The van der Waals surface area contributed by atoms with Gasteiger partial charge in [-0.05, 0) is 87.2 Å². The zero-order valence-corrected chi connectivity index (χ0v) is 60.3. The van der Waals surface area contributed by atoms with Gasteiger partial charge in [0.15, 0.2) is 12.6 Å². The van der Waals surface area contributed by atoms with Crippen molar-refractivity contribution in [2.24, 2.45) is 0 Å². The van der Waals surface area contributed by atoms with E-state index in [1.54, 1.807) is 25.1 Å². The monoisotopic (exact) mass is 1450 g/mol. The standard InChI is InChI=1S/C91H88O17/c1-63-48-74(95-52-65-30-12-3-13-31-65)50-76(92)80(63)88(93)104-61-78-82(98-55-68-36-18-6-19-37-68)84(100-57-70-40-22-8-23-41-70)86(102-59-72-44-26-10-27-45-72)90(106-78)108-91-87(103-60-73-46-28-11-29-47-73)85(101-58-71-42-24-9-25-43-71)83(99-56-69-38-20-7-21-39-69)79(107-91)62-105-89(94)81-64(2)49-75(96-53-66-32-14-4-15-33-66)51-77(81)97-54-67-34-16-5-17-35-67/h3-51,78-79,82-87,90-92H,52-62H2,1-2H3. The van der Waals surface area contributed by atoms with Gasteiger partial charge in [0, 0.05) is 12.1 Å². The van der Waals surface area contributed by atoms with Crippen molar-refractivity contribution >= 4 is 11.9 Å². The smallest absolute Gasteiger partial charge is 0.342 e. The molecule has 2 aliphatic rings. The SMILES string of the molecule is Cc1cc(OCc2ccccc2)cc(O)c1C(=O)OCC1OC(OC2OC(COC(=O)c3c(C)cc(OCc4ccccc4)cc3OCc3ccccc3)C(OCc3ccccc3)C(OCc3ccccc3)C2OCc2ccccc2)C(OCc2ccccc2)C(OCc2ccccc2)C1OCc1ccccc1. The lowest BCUT2D eigenvalue weighted by Gasteiger charge is -2.49. The fourth-order valence-corrected chi connectivity index (χ4v) is 13.1. The van der Waals surface area contributed by atoms with Crippen LogP contribution in [0.2, 0.25) is 0 Å². The number of carbonyl (C=O) groups excluding carboxylic acids is 2. The van der Waals surface area contributed by atoms with E-state index in [9.17, 15) is 9.90 Å². The number of hydrogen-bond donors (Lipinski definition) is 1. The summed E-state index contributed by atoms with van der Waals surface area (Å²) in [6, 6.07) is 93.9. The van der Waals surface area contributed by atoms with E-state index in [0.29, 0.717) is 22.6 Å². The highest BCUT2D eigenvalue weighted by Gasteiger charge is 2.55. The van der Waals surface area contributed by atoms with Gasteiger partial charge in [-0.3, -0.25) is 0 Å². The second-order valence-corrected chi connectivity index (χ2v) is 26.6. The number of aromatic hydroxyl groups is 1. The van der Waals surface area contributed by atoms with E-state index in [1.165, 1.54) is 6.07 Å². The van der Waals surface area contributed by atoms with Gasteiger partial charge in [-0.1, -0.05) is 273 Å². The summed E-state index contributed by atoms with van der Waals surface area (Å²) in [5.74, 6) is -0.805. The number of benzene rings is 11. The quantitative estimate of drug-likeness (QED) is 0.0370. The van der Waals surface area contributed by atoms with E-state index < -0.39 is 86.6 Å². The predicted octanol–water partition coefficient (Wildman–Crippen LogP) is 16.7. The number of hydrogen-bond acceptors (Lipinski definition) is 17. The third-order valence-electron chi connectivity index (χ3n) is 18.6. The van der Waals surface area contributed by atoms with Crippen LogP contribution >= 0.6 is 0 Å². The number of phenols is 1. The van der Waals surface area contributed by atoms with Crippen molar-refractivity contribution in [2.45, 2.75) is 135 Å². The molecule has 11 aromatic rings. The second-order valence-electron chi connectivity index (χ2n) is 26.6. The molecule has 0 bridgehead atoms. The molecule has 1 N–H and O–H groups in total. The summed E-state index contributed by atoms with van der Waals surface area (Å²) in [5, 5.41) is 11.7. The van der Waals surface area contributed by atoms with Crippen LogP contribution in [0.5, 0.6) is 23.0 Å². The minimum Gasteiger partial charge on any atom is -0.507 e. The Kier molecular flexibility index (Phi) is 27.0. The van der Waals surface area contributed by atoms with Crippen LogP contribution in [-0.2, 0) is 112 Å². The fourth-order valence-electron chi connectivity index (χ4n) is 13.1. The maximum Gasteiger partial charge on any atom is 0.342 e. The number of rotatable bonds is 35. The highest BCUT2D eigenvalue weighted by atomic mass is 16.8. The number of aryl methyl sites for hydroxylation is 2. The Morgan fingerprint density at radius 1 is 0.306 bits per heavy atom. The summed E-state index contributed by atoms with van der Waals surface area (Å²) in [6.45, 7) is 3.67. The average molecular weight is 1450 g/mol. The Balaban J connectivity index is 0.893. The van der Waals surface area contributed by atoms with Crippen LogP contribution in [0.1, 0.15) is 81.9 Å². The molecule has 0 aromatic heterocycles. The van der Waals surface area contributed by atoms with Crippen LogP contribution in [0, 0.1) is 13.8 Å². The third-order valence-corrected chi connectivity index (χ3v) is 18.6. The van der Waals surface area contributed by atoms with Gasteiger partial charge in [0.25, 0.3) is 0 Å². The summed E-state index contributed by atoms with van der Waals surface area (Å²) >= 11 is 0. The molecule has 554 valence electrons. The lowest BCUT2D eigenvalue weighted by Crippen LogP contribution is -2.66. The van der Waals surface area contributed by atoms with Crippen LogP contribution in [0.3, 0.4) is 0 Å². The zero-order chi connectivity index (χ0) is 74.1. The molecule has 11 aromatic carbocycles. The van der Waals surface area contributed by atoms with Gasteiger partial charge in [0.05, 0.1) is 39.6 Å². The number of esters is 2. The molecule has 0 amide bonds. The first-order valence-electron chi connectivity index (χ1n) is 36.3. The first kappa shape index (κ1) is 75.4. The van der Waals surface area contributed by atoms with Gasteiger partial charge >= 0.3 is 11.9 Å². The van der Waals surface area contributed by atoms with Gasteiger partial charge in [-0.25, -0.2) is 9.59 Å². The van der Waals surface area contributed by atoms with Crippen LogP contribution < -0.4 is 14.2 Å². The molecule has 0 spiro atoms. The summed E-state index contributed by atoms with van der Waals surface area (Å²) in [6.07, 6.45) is -11.9. The Morgan fingerprint density at radius 3 is 0.880 bits per heavy atom. The Morgan fingerprint density at radius 2 is 0.565 bits per heavy atom. The number of carbonyl (C=O) groups is 2. The van der Waals surface area contributed by atoms with Crippen LogP contribution in [0.15, 0.2) is 297 Å². The van der Waals surface area contributed by atoms with Crippen LogP contribution in [-0.4, -0.2) is 91.7 Å². The molecule has 2 fully saturated rings. The summed E-state index contributed by atoms with van der Waals surface area (Å²) in [4.78, 5) is 30.1. The molecule has 10 atom stereocenters. The Labute approximate surface area is 630 Å². The van der Waals surface area contributed by atoms with Crippen molar-refractivity contribution in [3.05, 3.63) is 370 Å². The maximum absolute atomic E-state index is 15.4. The number of phenolic OH excluding ortho intramolecular Hbond substituents is 1. The van der Waals surface area contributed by atoms with E-state index in [0.717, 1.165) is 50.1 Å². The van der Waals surface area contributed by atoms with Crippen molar-refractivity contribution in [1.82, 2.24) is 0 Å². The van der Waals surface area contributed by atoms with E-state index in [-0.39, 0.29) is 82.1 Å². The van der Waals surface area contributed by atoms with Gasteiger partial charge in [-0.15, -0.1) is 0 Å². The molecule has 2 saturated heterocycles. The zero-order valence-electron chi connectivity index (χ0n) is 60.3. The predicted molar refractivity (Wildman–Crippen MR) is 405 cm³/mol. The lowest BCUT2D eigenvalue weighted by atomic mass is 9.96. The molecular formula is C91H88O17. The molecule has 2 heterocycles. The highest BCUT2D eigenvalue weighted by Crippen LogP contribution is 2.39. The minimum atomic E-state index is -1.48. The highest BCUT2D eigenvalue weighted by molar-refractivity contribution is 5.95. The van der Waals surface area contributed by atoms with Crippen molar-refractivity contribution in [1.29, 1.82) is 0 Å². The van der Waals surface area contributed by atoms with Crippen molar-refractivity contribution in [3.63, 3.8) is 0 Å². The van der Waals surface area contributed by atoms with Gasteiger partial charge in [-0.2, -0.15) is 0 Å². The fraction of sp³-hybridized carbons (Fsp3) is 0.253. The van der Waals surface area contributed by atoms with E-state index >= 15 is 4.79 Å². The largest absolute Gasteiger partial charge is 0.507 e. The normalized spacial score (nSPS) is 19.7. The van der Waals surface area contributed by atoms with Gasteiger partial charge in [0.1, 0.15) is 116 Å². The van der Waals surface area contributed by atoms with Gasteiger partial charge in [0.2, 0.25) is 0 Å². The molecule has 13 rings (SSSR count). The van der Waals surface area contributed by atoms with Crippen molar-refractivity contribution < 1.29 is 81.0 Å². The molecule has 2 aliphatic heterocycles. The van der Waals surface area contributed by atoms with E-state index in [2.05, 4.69) is 0 Å². The summed E-state index contributed by atoms with van der Waals surface area (Å²) < 4.78 is 97.0. The van der Waals surface area contributed by atoms with Crippen LogP contribution in [0.25, 0.3) is 0 Å². The molecule has 17 heteroatoms. The second kappa shape index (κ2) is 38.6.